The van der Waals surface area contributed by atoms with E-state index in [0.717, 1.165) is 30.4 Å². The van der Waals surface area contributed by atoms with E-state index in [9.17, 15) is 14.4 Å². The van der Waals surface area contributed by atoms with Crippen LogP contribution in [0.1, 0.15) is 45.4 Å². The first-order chi connectivity index (χ1) is 19.4. The molecule has 4 aliphatic heterocycles. The summed E-state index contributed by atoms with van der Waals surface area (Å²) in [5.74, 6) is -0.856. The van der Waals surface area contributed by atoms with Gasteiger partial charge in [-0.2, -0.15) is 0 Å². The van der Waals surface area contributed by atoms with Crippen molar-refractivity contribution in [1.29, 1.82) is 0 Å². The smallest absolute Gasteiger partial charge is 0.457 e. The first kappa shape index (κ1) is 28.4. The molecular formula is C30H38N2O8. The van der Waals surface area contributed by atoms with Gasteiger partial charge in [-0.25, -0.2) is 9.59 Å². The fourth-order valence-electron chi connectivity index (χ4n) is 6.70. The van der Waals surface area contributed by atoms with E-state index < -0.39 is 17.7 Å². The van der Waals surface area contributed by atoms with Crippen LogP contribution in [0, 0.1) is 0 Å². The molecule has 10 heteroatoms. The SMILES string of the molecule is CCCC1(OC(=O)OCCOCCO)C(=O)OCC2=C1CC1C3C(=CC4=C=CCC=CCCC4N3C)CN1C2=O. The number of nitrogens with zero attached hydrogens (tertiary/aromatic N) is 2. The molecule has 4 atom stereocenters. The lowest BCUT2D eigenvalue weighted by molar-refractivity contribution is -0.168. The quantitative estimate of drug-likeness (QED) is 0.209. The van der Waals surface area contributed by atoms with Crippen LogP contribution in [0.4, 0.5) is 4.79 Å². The number of aliphatic hydroxyl groups is 1. The van der Waals surface area contributed by atoms with Crippen LogP contribution >= 0.6 is 0 Å². The first-order valence-corrected chi connectivity index (χ1v) is 14.2. The Labute approximate surface area is 234 Å². The van der Waals surface area contributed by atoms with Crippen molar-refractivity contribution in [3.05, 3.63) is 52.3 Å². The lowest BCUT2D eigenvalue weighted by Crippen LogP contribution is -2.58. The zero-order valence-corrected chi connectivity index (χ0v) is 23.2. The van der Waals surface area contributed by atoms with Crippen LogP contribution in [0.3, 0.4) is 0 Å². The Morgan fingerprint density at radius 2 is 2.10 bits per heavy atom. The number of carbonyl (C=O) groups excluding carboxylic acids is 3. The third-order valence-corrected chi connectivity index (χ3v) is 8.43. The van der Waals surface area contributed by atoms with Crippen molar-refractivity contribution in [3.63, 3.8) is 0 Å². The first-order valence-electron chi connectivity index (χ1n) is 14.2. The summed E-state index contributed by atoms with van der Waals surface area (Å²) < 4.78 is 21.5. The minimum absolute atomic E-state index is 0.0221. The molecule has 40 heavy (non-hydrogen) atoms. The molecule has 0 aromatic heterocycles. The Hall–Kier alpha value is -3.17. The van der Waals surface area contributed by atoms with Crippen LogP contribution in [0.25, 0.3) is 0 Å². The van der Waals surface area contributed by atoms with Gasteiger partial charge >= 0.3 is 12.1 Å². The molecule has 10 nitrogen and oxygen atoms in total. The Morgan fingerprint density at radius 3 is 2.90 bits per heavy atom. The van der Waals surface area contributed by atoms with Gasteiger partial charge in [0.05, 0.1) is 37.5 Å². The average molecular weight is 555 g/mol. The normalized spacial score (nSPS) is 29.7. The van der Waals surface area contributed by atoms with E-state index in [1.807, 2.05) is 11.8 Å². The number of hydrogen-bond donors (Lipinski definition) is 1. The number of likely N-dealkylation sites (N-methyl/N-ethyl adjacent to an activating group) is 1. The number of rotatable bonds is 8. The molecule has 5 aliphatic rings. The predicted molar refractivity (Wildman–Crippen MR) is 144 cm³/mol. The van der Waals surface area contributed by atoms with E-state index in [2.05, 4.69) is 42.0 Å². The Bertz CT molecular complexity index is 1200. The van der Waals surface area contributed by atoms with E-state index in [4.69, 9.17) is 24.1 Å². The van der Waals surface area contributed by atoms with Gasteiger partial charge in [-0.15, -0.1) is 5.73 Å². The Kier molecular flexibility index (Phi) is 8.61. The minimum atomic E-state index is -1.72. The fourth-order valence-corrected chi connectivity index (χ4v) is 6.70. The fraction of sp³-hybridized carbons (Fsp3) is 0.600. The van der Waals surface area contributed by atoms with E-state index in [0.29, 0.717) is 30.5 Å². The molecule has 1 fully saturated rings. The zero-order chi connectivity index (χ0) is 28.3. The number of cyclic esters (lactones) is 1. The number of allylic oxidation sites excluding steroid dienone is 2. The van der Waals surface area contributed by atoms with E-state index >= 15 is 0 Å². The van der Waals surface area contributed by atoms with Crippen molar-refractivity contribution in [2.24, 2.45) is 0 Å². The van der Waals surface area contributed by atoms with Gasteiger partial charge in [0.25, 0.3) is 5.91 Å². The highest BCUT2D eigenvalue weighted by Crippen LogP contribution is 2.47. The molecule has 0 aromatic rings. The standard InChI is InChI=1S/C30H38N2O8/c1-3-11-30(40-29(36)38-15-14-37-13-12-33)23-17-25-26-21(18-32(25)27(34)22(23)19-39-28(30)35)16-20-9-7-5-4-6-8-10-24(20)31(26)2/h4,6-7,16,24-26,33H,3,5,8,10-15,17-19H2,1-2H3. The molecule has 0 saturated carbocycles. The van der Waals surface area contributed by atoms with Gasteiger partial charge in [-0.1, -0.05) is 25.5 Å². The number of ether oxygens (including phenoxy) is 4. The third kappa shape index (κ3) is 5.17. The van der Waals surface area contributed by atoms with Crippen LogP contribution in [-0.4, -0.2) is 103 Å². The molecule has 0 aromatic carbocycles. The number of fused-ring (bicyclic) bond motifs is 4. The molecule has 4 unspecified atom stereocenters. The number of aliphatic hydroxyl groups excluding tert-OH is 1. The summed E-state index contributed by atoms with van der Waals surface area (Å²) in [4.78, 5) is 44.2. The molecule has 1 saturated heterocycles. The predicted octanol–water partition coefficient (Wildman–Crippen LogP) is 2.59. The molecule has 0 spiro atoms. The summed E-state index contributed by atoms with van der Waals surface area (Å²) in [6.45, 7) is 2.20. The highest BCUT2D eigenvalue weighted by Gasteiger charge is 2.58. The number of hydrogen-bond acceptors (Lipinski definition) is 9. The number of carbonyl (C=O) groups is 3. The third-order valence-electron chi connectivity index (χ3n) is 8.43. The van der Waals surface area contributed by atoms with Crippen LogP contribution in [0.5, 0.6) is 0 Å². The molecule has 1 N–H and O–H groups in total. The van der Waals surface area contributed by atoms with E-state index in [-0.39, 0.29) is 63.5 Å². The second-order valence-electron chi connectivity index (χ2n) is 10.8. The van der Waals surface area contributed by atoms with Gasteiger partial charge in [0, 0.05) is 24.6 Å². The van der Waals surface area contributed by atoms with Gasteiger partial charge in [0.1, 0.15) is 13.2 Å². The van der Waals surface area contributed by atoms with Crippen LogP contribution in [0.15, 0.2) is 52.3 Å². The molecule has 1 aliphatic carbocycles. The molecule has 1 amide bonds. The van der Waals surface area contributed by atoms with Crippen molar-refractivity contribution in [2.75, 3.05) is 46.6 Å². The van der Waals surface area contributed by atoms with Gasteiger partial charge < -0.3 is 29.0 Å². The number of esters is 1. The molecule has 0 radical (unpaired) electrons. The lowest BCUT2D eigenvalue weighted by atomic mass is 9.76. The summed E-state index contributed by atoms with van der Waals surface area (Å²) >= 11 is 0. The van der Waals surface area contributed by atoms with Crippen LogP contribution in [-0.2, 0) is 28.5 Å². The largest absolute Gasteiger partial charge is 0.509 e. The van der Waals surface area contributed by atoms with Gasteiger partial charge in [0.2, 0.25) is 5.60 Å². The molecular weight excluding hydrogens is 516 g/mol. The highest BCUT2D eigenvalue weighted by molar-refractivity contribution is 6.01. The second-order valence-corrected chi connectivity index (χ2v) is 10.8. The average Bonchev–Trinajstić information content (AvgIpc) is 3.35. The van der Waals surface area contributed by atoms with E-state index in [1.165, 1.54) is 0 Å². The monoisotopic (exact) mass is 554 g/mol. The number of amides is 1. The maximum absolute atomic E-state index is 13.9. The summed E-state index contributed by atoms with van der Waals surface area (Å²) in [5, 5.41) is 8.83. The highest BCUT2D eigenvalue weighted by atomic mass is 16.7. The van der Waals surface area contributed by atoms with Crippen molar-refractivity contribution in [2.45, 2.75) is 69.2 Å². The van der Waals surface area contributed by atoms with Crippen LogP contribution < -0.4 is 0 Å². The summed E-state index contributed by atoms with van der Waals surface area (Å²) in [7, 11) is 2.10. The van der Waals surface area contributed by atoms with Gasteiger partial charge in [-0.3, -0.25) is 9.69 Å². The lowest BCUT2D eigenvalue weighted by Gasteiger charge is -2.46. The minimum Gasteiger partial charge on any atom is -0.457 e. The van der Waals surface area contributed by atoms with Gasteiger partial charge in [-0.05, 0) is 56.0 Å². The van der Waals surface area contributed by atoms with Crippen molar-refractivity contribution >= 4 is 18.0 Å². The molecule has 4 heterocycles. The second kappa shape index (κ2) is 12.1. The van der Waals surface area contributed by atoms with E-state index in [1.54, 1.807) is 0 Å². The van der Waals surface area contributed by atoms with Gasteiger partial charge in [0.15, 0.2) is 0 Å². The zero-order valence-electron chi connectivity index (χ0n) is 23.2. The summed E-state index contributed by atoms with van der Waals surface area (Å²) in [6, 6.07) is -0.0646. The molecule has 216 valence electrons. The molecule has 5 rings (SSSR count). The van der Waals surface area contributed by atoms with Crippen molar-refractivity contribution < 1.29 is 38.4 Å². The maximum atomic E-state index is 13.9. The maximum Gasteiger partial charge on any atom is 0.509 e. The summed E-state index contributed by atoms with van der Waals surface area (Å²) in [6.07, 6.45) is 11.5. The van der Waals surface area contributed by atoms with Crippen molar-refractivity contribution in [3.8, 4) is 0 Å². The molecule has 0 bridgehead atoms. The van der Waals surface area contributed by atoms with Crippen molar-refractivity contribution in [1.82, 2.24) is 9.80 Å². The Morgan fingerprint density at radius 1 is 1.25 bits per heavy atom. The topological polar surface area (TPSA) is 115 Å². The van der Waals surface area contributed by atoms with Crippen LogP contribution in [0.2, 0.25) is 0 Å². The Balaban J connectivity index is 1.44. The summed E-state index contributed by atoms with van der Waals surface area (Å²) in [5.41, 5.74) is 4.96.